The number of aliphatic imine (C=N–C) groups is 1. The Bertz CT molecular complexity index is 626. The first kappa shape index (κ1) is 16.4. The zero-order chi connectivity index (χ0) is 15.8. The highest BCUT2D eigenvalue weighted by Crippen LogP contribution is 2.15. The van der Waals surface area contributed by atoms with Crippen molar-refractivity contribution in [2.45, 2.75) is 12.8 Å². The van der Waals surface area contributed by atoms with E-state index in [0.717, 1.165) is 28.8 Å². The van der Waals surface area contributed by atoms with Crippen molar-refractivity contribution in [3.63, 3.8) is 0 Å². The Morgan fingerprint density at radius 1 is 1.23 bits per heavy atom. The Morgan fingerprint density at radius 3 is 2.68 bits per heavy atom. The van der Waals surface area contributed by atoms with Crippen LogP contribution in [-0.4, -0.2) is 19.6 Å². The predicted molar refractivity (Wildman–Crippen MR) is 95.6 cm³/mol. The second kappa shape index (κ2) is 8.44. The number of halogens is 1. The molecule has 0 bridgehead atoms. The molecule has 22 heavy (non-hydrogen) atoms. The molecule has 0 radical (unpaired) electrons. The third-order valence-corrected chi connectivity index (χ3v) is 3.65. The molecule has 0 aliphatic rings. The van der Waals surface area contributed by atoms with Crippen LogP contribution in [0.5, 0.6) is 5.75 Å². The van der Waals surface area contributed by atoms with Crippen LogP contribution in [0.25, 0.3) is 0 Å². The number of benzene rings is 2. The van der Waals surface area contributed by atoms with E-state index in [0.29, 0.717) is 12.5 Å². The molecule has 3 N–H and O–H groups in total. The van der Waals surface area contributed by atoms with E-state index in [1.807, 2.05) is 36.4 Å². The van der Waals surface area contributed by atoms with Gasteiger partial charge in [0.1, 0.15) is 5.75 Å². The Labute approximate surface area is 139 Å². The molecular formula is C17H20BrN3O. The van der Waals surface area contributed by atoms with Gasteiger partial charge in [-0.15, -0.1) is 0 Å². The maximum atomic E-state index is 5.88. The van der Waals surface area contributed by atoms with Crippen molar-refractivity contribution in [1.82, 2.24) is 0 Å². The smallest absolute Gasteiger partial charge is 0.193 e. The van der Waals surface area contributed by atoms with E-state index in [2.05, 4.69) is 38.4 Å². The van der Waals surface area contributed by atoms with Gasteiger partial charge in [0.25, 0.3) is 0 Å². The molecule has 0 heterocycles. The molecule has 0 amide bonds. The summed E-state index contributed by atoms with van der Waals surface area (Å²) in [6.07, 6.45) is 1.94. The Morgan fingerprint density at radius 2 is 2.00 bits per heavy atom. The van der Waals surface area contributed by atoms with Crippen molar-refractivity contribution >= 4 is 27.6 Å². The van der Waals surface area contributed by atoms with E-state index in [9.17, 15) is 0 Å². The number of nitrogens with zero attached hydrogens (tertiary/aromatic N) is 1. The summed E-state index contributed by atoms with van der Waals surface area (Å²) in [5, 5.41) is 3.07. The largest absolute Gasteiger partial charge is 0.497 e. The first-order chi connectivity index (χ1) is 10.7. The van der Waals surface area contributed by atoms with Gasteiger partial charge in [-0.05, 0) is 54.8 Å². The Balaban J connectivity index is 1.77. The highest BCUT2D eigenvalue weighted by Gasteiger charge is 1.97. The average Bonchev–Trinajstić information content (AvgIpc) is 2.52. The van der Waals surface area contributed by atoms with Gasteiger partial charge in [-0.1, -0.05) is 28.1 Å². The quantitative estimate of drug-likeness (QED) is 0.467. The first-order valence-electron chi connectivity index (χ1n) is 7.13. The van der Waals surface area contributed by atoms with Gasteiger partial charge >= 0.3 is 0 Å². The van der Waals surface area contributed by atoms with Gasteiger partial charge in [0.2, 0.25) is 0 Å². The van der Waals surface area contributed by atoms with E-state index in [-0.39, 0.29) is 0 Å². The number of guanidine groups is 1. The van der Waals surface area contributed by atoms with Crippen LogP contribution in [-0.2, 0) is 6.42 Å². The lowest BCUT2D eigenvalue weighted by Crippen LogP contribution is -2.22. The Kier molecular flexibility index (Phi) is 6.27. The maximum absolute atomic E-state index is 5.88. The molecule has 0 saturated heterocycles. The molecule has 0 spiro atoms. The van der Waals surface area contributed by atoms with Gasteiger partial charge in [0.15, 0.2) is 5.96 Å². The van der Waals surface area contributed by atoms with Crippen LogP contribution in [0.1, 0.15) is 12.0 Å². The highest BCUT2D eigenvalue weighted by molar-refractivity contribution is 9.10. The van der Waals surface area contributed by atoms with Gasteiger partial charge in [-0.25, -0.2) is 0 Å². The van der Waals surface area contributed by atoms with Crippen molar-refractivity contribution in [3.8, 4) is 5.75 Å². The summed E-state index contributed by atoms with van der Waals surface area (Å²) < 4.78 is 6.22. The lowest BCUT2D eigenvalue weighted by atomic mass is 10.1. The van der Waals surface area contributed by atoms with Gasteiger partial charge in [0.05, 0.1) is 7.11 Å². The van der Waals surface area contributed by atoms with E-state index < -0.39 is 0 Å². The second-order valence-corrected chi connectivity index (χ2v) is 5.77. The molecule has 4 nitrogen and oxygen atoms in total. The summed E-state index contributed by atoms with van der Waals surface area (Å²) in [5.74, 6) is 1.24. The van der Waals surface area contributed by atoms with Crippen molar-refractivity contribution in [2.75, 3.05) is 19.0 Å². The summed E-state index contributed by atoms with van der Waals surface area (Å²) in [4.78, 5) is 4.34. The van der Waals surface area contributed by atoms with Crippen LogP contribution in [0, 0.1) is 0 Å². The SMILES string of the molecule is COc1ccc(NC(N)=NCCCc2cccc(Br)c2)cc1. The number of methoxy groups -OCH3 is 1. The van der Waals surface area contributed by atoms with Crippen molar-refractivity contribution in [2.24, 2.45) is 10.7 Å². The van der Waals surface area contributed by atoms with Gasteiger partial charge in [0, 0.05) is 16.7 Å². The molecule has 0 unspecified atom stereocenters. The number of anilines is 1. The molecule has 0 aliphatic heterocycles. The number of rotatable bonds is 6. The number of nitrogens with two attached hydrogens (primary N) is 1. The lowest BCUT2D eigenvalue weighted by Gasteiger charge is -2.06. The average molecular weight is 362 g/mol. The molecule has 0 fully saturated rings. The number of nitrogens with one attached hydrogen (secondary N) is 1. The van der Waals surface area contributed by atoms with Crippen LogP contribution in [0.2, 0.25) is 0 Å². The third-order valence-electron chi connectivity index (χ3n) is 3.16. The minimum absolute atomic E-state index is 0.430. The zero-order valence-corrected chi connectivity index (χ0v) is 14.1. The van der Waals surface area contributed by atoms with E-state index in [1.54, 1.807) is 7.11 Å². The Hall–Kier alpha value is -2.01. The molecule has 0 saturated carbocycles. The summed E-state index contributed by atoms with van der Waals surface area (Å²) in [5.41, 5.74) is 8.07. The molecule has 0 aromatic heterocycles. The first-order valence-corrected chi connectivity index (χ1v) is 7.92. The number of hydrogen-bond donors (Lipinski definition) is 2. The standard InChI is InChI=1S/C17H20BrN3O/c1-22-16-9-7-15(8-10-16)21-17(19)20-11-3-5-13-4-2-6-14(18)12-13/h2,4,6-10,12H,3,5,11H2,1H3,(H3,19,20,21). The van der Waals surface area contributed by atoms with Crippen molar-refractivity contribution < 1.29 is 4.74 Å². The highest BCUT2D eigenvalue weighted by atomic mass is 79.9. The molecule has 2 aromatic rings. The predicted octanol–water partition coefficient (Wildman–Crippen LogP) is 3.82. The number of aryl methyl sites for hydroxylation is 1. The van der Waals surface area contributed by atoms with Crippen LogP contribution < -0.4 is 15.8 Å². The lowest BCUT2D eigenvalue weighted by molar-refractivity contribution is 0.415. The fraction of sp³-hybridized carbons (Fsp3) is 0.235. The number of ether oxygens (including phenoxy) is 1. The van der Waals surface area contributed by atoms with Crippen molar-refractivity contribution in [1.29, 1.82) is 0 Å². The summed E-state index contributed by atoms with van der Waals surface area (Å²) in [6.45, 7) is 0.696. The minimum atomic E-state index is 0.430. The normalized spacial score (nSPS) is 11.3. The molecule has 2 aromatic carbocycles. The van der Waals surface area contributed by atoms with Gasteiger partial charge in [-0.3, -0.25) is 4.99 Å². The fourth-order valence-electron chi connectivity index (χ4n) is 2.04. The van der Waals surface area contributed by atoms with Gasteiger partial charge < -0.3 is 15.8 Å². The zero-order valence-electron chi connectivity index (χ0n) is 12.6. The number of hydrogen-bond acceptors (Lipinski definition) is 2. The van der Waals surface area contributed by atoms with E-state index >= 15 is 0 Å². The molecule has 5 heteroatoms. The maximum Gasteiger partial charge on any atom is 0.193 e. The molecule has 2 rings (SSSR count). The summed E-state index contributed by atoms with van der Waals surface area (Å²) in [6, 6.07) is 15.9. The summed E-state index contributed by atoms with van der Waals surface area (Å²) in [7, 11) is 1.64. The topological polar surface area (TPSA) is 59.6 Å². The third kappa shape index (κ3) is 5.41. The fourth-order valence-corrected chi connectivity index (χ4v) is 2.48. The van der Waals surface area contributed by atoms with Crippen molar-refractivity contribution in [3.05, 3.63) is 58.6 Å². The molecule has 0 aliphatic carbocycles. The van der Waals surface area contributed by atoms with Gasteiger partial charge in [-0.2, -0.15) is 0 Å². The second-order valence-electron chi connectivity index (χ2n) is 4.85. The van der Waals surface area contributed by atoms with Crippen LogP contribution in [0.4, 0.5) is 5.69 Å². The molecular weight excluding hydrogens is 342 g/mol. The molecule has 0 atom stereocenters. The monoisotopic (exact) mass is 361 g/mol. The minimum Gasteiger partial charge on any atom is -0.497 e. The van der Waals surface area contributed by atoms with E-state index in [1.165, 1.54) is 5.56 Å². The summed E-state index contributed by atoms with van der Waals surface area (Å²) >= 11 is 3.48. The van der Waals surface area contributed by atoms with Crippen LogP contribution >= 0.6 is 15.9 Å². The molecule has 116 valence electrons. The van der Waals surface area contributed by atoms with E-state index in [4.69, 9.17) is 10.5 Å². The van der Waals surface area contributed by atoms with Crippen LogP contribution in [0.3, 0.4) is 0 Å². The van der Waals surface area contributed by atoms with Crippen LogP contribution in [0.15, 0.2) is 58.0 Å².